The number of aliphatic hydroxyl groups excluding tert-OH is 1. The molecule has 0 saturated carbocycles. The van der Waals surface area contributed by atoms with E-state index in [2.05, 4.69) is 15.9 Å². The zero-order valence-corrected chi connectivity index (χ0v) is 17.6. The summed E-state index contributed by atoms with van der Waals surface area (Å²) in [6.07, 6.45) is 1.51. The van der Waals surface area contributed by atoms with E-state index in [0.29, 0.717) is 22.6 Å². The first kappa shape index (κ1) is 20.0. The predicted molar refractivity (Wildman–Crippen MR) is 114 cm³/mol. The Morgan fingerprint density at radius 2 is 1.90 bits per heavy atom. The van der Waals surface area contributed by atoms with E-state index in [1.807, 2.05) is 24.3 Å². The summed E-state index contributed by atoms with van der Waals surface area (Å²) in [6, 6.07) is 16.7. The van der Waals surface area contributed by atoms with Gasteiger partial charge < -0.3 is 19.2 Å². The summed E-state index contributed by atoms with van der Waals surface area (Å²) in [4.78, 5) is 27.3. The number of amides is 1. The number of halogens is 1. The molecule has 152 valence electrons. The number of ketones is 1. The van der Waals surface area contributed by atoms with Crippen molar-refractivity contribution in [3.05, 3.63) is 93.9 Å². The van der Waals surface area contributed by atoms with Crippen LogP contribution in [0.3, 0.4) is 0 Å². The van der Waals surface area contributed by atoms with Gasteiger partial charge in [0.25, 0.3) is 11.7 Å². The van der Waals surface area contributed by atoms with Gasteiger partial charge in [-0.15, -0.1) is 0 Å². The van der Waals surface area contributed by atoms with Crippen molar-refractivity contribution in [1.29, 1.82) is 0 Å². The second kappa shape index (κ2) is 8.20. The second-order valence-electron chi connectivity index (χ2n) is 6.79. The van der Waals surface area contributed by atoms with Gasteiger partial charge in [-0.2, -0.15) is 0 Å². The summed E-state index contributed by atoms with van der Waals surface area (Å²) in [5.74, 6) is -0.606. The van der Waals surface area contributed by atoms with Crippen LogP contribution in [0.1, 0.15) is 22.9 Å². The minimum absolute atomic E-state index is 0.0298. The molecule has 7 heteroatoms. The molecule has 1 atom stereocenters. The Morgan fingerprint density at radius 1 is 1.13 bits per heavy atom. The van der Waals surface area contributed by atoms with E-state index in [-0.39, 0.29) is 17.9 Å². The highest BCUT2D eigenvalue weighted by Crippen LogP contribution is 2.40. The van der Waals surface area contributed by atoms with E-state index < -0.39 is 17.7 Å². The first-order chi connectivity index (χ1) is 14.5. The van der Waals surface area contributed by atoms with Crippen molar-refractivity contribution in [2.75, 3.05) is 7.11 Å². The molecule has 1 saturated heterocycles. The molecule has 0 radical (unpaired) electrons. The summed E-state index contributed by atoms with van der Waals surface area (Å²) in [5.41, 5.74) is 1.13. The summed E-state index contributed by atoms with van der Waals surface area (Å²) in [6.45, 7) is 0.104. The van der Waals surface area contributed by atoms with Gasteiger partial charge in [0.05, 0.1) is 31.5 Å². The lowest BCUT2D eigenvalue weighted by molar-refractivity contribution is -0.140. The molecule has 4 rings (SSSR count). The lowest BCUT2D eigenvalue weighted by Crippen LogP contribution is -2.29. The van der Waals surface area contributed by atoms with E-state index in [9.17, 15) is 14.7 Å². The Hall–Kier alpha value is -3.32. The number of hydrogen-bond donors (Lipinski definition) is 1. The fourth-order valence-corrected chi connectivity index (χ4v) is 3.80. The lowest BCUT2D eigenvalue weighted by Gasteiger charge is -2.24. The average molecular weight is 468 g/mol. The number of benzene rings is 2. The smallest absolute Gasteiger partial charge is 0.296 e. The molecular formula is C23H18BrNO5. The molecule has 1 unspecified atom stereocenters. The average Bonchev–Trinajstić information content (AvgIpc) is 3.36. The summed E-state index contributed by atoms with van der Waals surface area (Å²) >= 11 is 3.40. The Bertz CT molecular complexity index is 1120. The molecule has 30 heavy (non-hydrogen) atoms. The van der Waals surface area contributed by atoms with Crippen molar-refractivity contribution in [2.45, 2.75) is 12.6 Å². The van der Waals surface area contributed by atoms with Gasteiger partial charge in [0.1, 0.15) is 17.3 Å². The number of ether oxygens (including phenoxy) is 1. The van der Waals surface area contributed by atoms with E-state index in [4.69, 9.17) is 9.15 Å². The number of hydrogen-bond acceptors (Lipinski definition) is 5. The van der Waals surface area contributed by atoms with Crippen LogP contribution in [0.2, 0.25) is 0 Å². The van der Waals surface area contributed by atoms with E-state index in [1.165, 1.54) is 18.3 Å². The fraction of sp³-hybridized carbons (Fsp3) is 0.130. The van der Waals surface area contributed by atoms with Crippen molar-refractivity contribution in [3.63, 3.8) is 0 Å². The molecule has 2 heterocycles. The van der Waals surface area contributed by atoms with E-state index in [1.54, 1.807) is 36.4 Å². The first-order valence-corrected chi connectivity index (χ1v) is 9.99. The quantitative estimate of drug-likeness (QED) is 0.335. The molecule has 2 aromatic carbocycles. The predicted octanol–water partition coefficient (Wildman–Crippen LogP) is 4.67. The van der Waals surface area contributed by atoms with Crippen LogP contribution in [0, 0.1) is 0 Å². The summed E-state index contributed by atoms with van der Waals surface area (Å²) in [5, 5.41) is 11.1. The van der Waals surface area contributed by atoms with Crippen LogP contribution >= 0.6 is 15.9 Å². The molecule has 1 aromatic heterocycles. The number of rotatable bonds is 5. The number of likely N-dealkylation sites (tertiary alicyclic amines) is 1. The largest absolute Gasteiger partial charge is 0.507 e. The minimum atomic E-state index is -0.755. The Kier molecular flexibility index (Phi) is 5.46. The van der Waals surface area contributed by atoms with Gasteiger partial charge in [0.15, 0.2) is 0 Å². The van der Waals surface area contributed by atoms with Crippen molar-refractivity contribution in [1.82, 2.24) is 4.90 Å². The number of nitrogens with zero attached hydrogens (tertiary/aromatic N) is 1. The van der Waals surface area contributed by atoms with Crippen molar-refractivity contribution < 1.29 is 23.8 Å². The van der Waals surface area contributed by atoms with E-state index in [0.717, 1.165) is 4.47 Å². The molecule has 1 aliphatic heterocycles. The van der Waals surface area contributed by atoms with Crippen LogP contribution in [0.15, 0.2) is 81.4 Å². The van der Waals surface area contributed by atoms with Crippen molar-refractivity contribution >= 4 is 33.4 Å². The van der Waals surface area contributed by atoms with Crippen LogP contribution in [0.25, 0.3) is 5.76 Å². The summed E-state index contributed by atoms with van der Waals surface area (Å²) in [7, 11) is 1.52. The van der Waals surface area contributed by atoms with Crippen LogP contribution in [0.4, 0.5) is 0 Å². The highest BCUT2D eigenvalue weighted by Gasteiger charge is 2.46. The van der Waals surface area contributed by atoms with Gasteiger partial charge in [0.2, 0.25) is 0 Å². The van der Waals surface area contributed by atoms with Crippen molar-refractivity contribution in [2.24, 2.45) is 0 Å². The van der Waals surface area contributed by atoms with E-state index >= 15 is 0 Å². The third-order valence-corrected chi connectivity index (χ3v) is 5.50. The highest BCUT2D eigenvalue weighted by molar-refractivity contribution is 9.10. The van der Waals surface area contributed by atoms with Gasteiger partial charge in [0, 0.05) is 10.0 Å². The second-order valence-corrected chi connectivity index (χ2v) is 7.71. The Morgan fingerprint density at radius 3 is 2.57 bits per heavy atom. The molecule has 0 spiro atoms. The number of carbonyl (C=O) groups is 2. The monoisotopic (exact) mass is 467 g/mol. The molecular weight excluding hydrogens is 450 g/mol. The SMILES string of the molecule is COc1cccc(/C(O)=C2\C(=O)C(=O)N(Cc3ccco3)C2c2ccc(Br)cc2)c1. The third-order valence-electron chi connectivity index (χ3n) is 4.98. The van der Waals surface area contributed by atoms with Crippen molar-refractivity contribution in [3.8, 4) is 5.75 Å². The zero-order valence-electron chi connectivity index (χ0n) is 16.0. The number of methoxy groups -OCH3 is 1. The van der Waals surface area contributed by atoms with Crippen LogP contribution in [-0.2, 0) is 16.1 Å². The molecule has 1 aliphatic rings. The lowest BCUT2D eigenvalue weighted by atomic mass is 9.95. The van der Waals surface area contributed by atoms with Crippen LogP contribution < -0.4 is 4.74 Å². The number of aliphatic hydroxyl groups is 1. The normalized spacial score (nSPS) is 18.1. The zero-order chi connectivity index (χ0) is 21.3. The molecule has 1 N–H and O–H groups in total. The van der Waals surface area contributed by atoms with Crippen LogP contribution in [0.5, 0.6) is 5.75 Å². The maximum atomic E-state index is 13.0. The first-order valence-electron chi connectivity index (χ1n) is 9.20. The van der Waals surface area contributed by atoms with Gasteiger partial charge in [-0.1, -0.05) is 40.2 Å². The Balaban J connectivity index is 1.86. The van der Waals surface area contributed by atoms with Gasteiger partial charge >= 0.3 is 0 Å². The van der Waals surface area contributed by atoms with Crippen LogP contribution in [-0.4, -0.2) is 28.8 Å². The third kappa shape index (κ3) is 3.64. The standard InChI is InChI=1S/C23H18BrNO5/c1-29-17-5-2-4-15(12-17)21(26)19-20(14-7-9-16(24)10-8-14)25(23(28)22(19)27)13-18-6-3-11-30-18/h2-12,20,26H,13H2,1H3/b21-19+. The highest BCUT2D eigenvalue weighted by atomic mass is 79.9. The topological polar surface area (TPSA) is 80.0 Å². The molecule has 1 amide bonds. The number of carbonyl (C=O) groups excluding carboxylic acids is 2. The Labute approximate surface area is 181 Å². The fourth-order valence-electron chi connectivity index (χ4n) is 3.53. The van der Waals surface area contributed by atoms with Gasteiger partial charge in [-0.3, -0.25) is 9.59 Å². The maximum absolute atomic E-state index is 13.0. The number of furan rings is 1. The summed E-state index contributed by atoms with van der Waals surface area (Å²) < 4.78 is 11.5. The maximum Gasteiger partial charge on any atom is 0.296 e. The number of Topliss-reactive ketones (excluding diaryl/α,β-unsaturated/α-hetero) is 1. The molecule has 0 aliphatic carbocycles. The van der Waals surface area contributed by atoms with Gasteiger partial charge in [-0.05, 0) is 42.0 Å². The molecule has 3 aromatic rings. The molecule has 6 nitrogen and oxygen atoms in total. The molecule has 0 bridgehead atoms. The van der Waals surface area contributed by atoms with Gasteiger partial charge in [-0.25, -0.2) is 0 Å². The minimum Gasteiger partial charge on any atom is -0.507 e. The molecule has 1 fully saturated rings.